The van der Waals surface area contributed by atoms with Gasteiger partial charge in [0.2, 0.25) is 11.7 Å². The topological polar surface area (TPSA) is 111 Å². The zero-order valence-corrected chi connectivity index (χ0v) is 15.4. The molecule has 2 aromatic heterocycles. The summed E-state index contributed by atoms with van der Waals surface area (Å²) in [5.74, 6) is 1.54. The molecule has 1 amide bonds. The van der Waals surface area contributed by atoms with Crippen molar-refractivity contribution in [1.82, 2.24) is 20.6 Å². The van der Waals surface area contributed by atoms with Gasteiger partial charge in [-0.15, -0.1) is 0 Å². The lowest BCUT2D eigenvalue weighted by Crippen LogP contribution is -2.29. The highest BCUT2D eigenvalue weighted by Crippen LogP contribution is 2.26. The van der Waals surface area contributed by atoms with Gasteiger partial charge in [0.15, 0.2) is 11.5 Å². The number of hydrazine groups is 1. The van der Waals surface area contributed by atoms with Crippen molar-refractivity contribution in [1.29, 1.82) is 0 Å². The molecule has 0 radical (unpaired) electrons. The number of nitrogens with zero attached hydrogens (tertiary/aromatic N) is 3. The molecular formula is C19H21N5O4. The Labute approximate surface area is 162 Å². The van der Waals surface area contributed by atoms with Gasteiger partial charge in [-0.3, -0.25) is 15.2 Å². The van der Waals surface area contributed by atoms with Crippen molar-refractivity contribution in [3.05, 3.63) is 48.8 Å². The number of amides is 1. The molecule has 0 saturated carbocycles. The molecule has 0 spiro atoms. The predicted molar refractivity (Wildman–Crippen MR) is 102 cm³/mol. The van der Waals surface area contributed by atoms with Crippen molar-refractivity contribution < 1.29 is 18.8 Å². The minimum atomic E-state index is -0.217. The molecule has 28 heavy (non-hydrogen) atoms. The molecule has 2 N–H and O–H groups in total. The van der Waals surface area contributed by atoms with Gasteiger partial charge in [0.1, 0.15) is 0 Å². The molecule has 1 aromatic carbocycles. The highest BCUT2D eigenvalue weighted by molar-refractivity contribution is 5.76. The van der Waals surface area contributed by atoms with Crippen LogP contribution in [0.3, 0.4) is 0 Å². The van der Waals surface area contributed by atoms with Gasteiger partial charge in [-0.2, -0.15) is 4.98 Å². The van der Waals surface area contributed by atoms with Crippen LogP contribution in [0.2, 0.25) is 0 Å². The third kappa shape index (κ3) is 5.44. The Morgan fingerprint density at radius 3 is 2.61 bits per heavy atom. The average molecular weight is 383 g/mol. The lowest BCUT2D eigenvalue weighted by atomic mass is 10.3. The first kappa shape index (κ1) is 19.2. The summed E-state index contributed by atoms with van der Waals surface area (Å²) in [5.41, 5.74) is 5.89. The quantitative estimate of drug-likeness (QED) is 0.406. The average Bonchev–Trinajstić information content (AvgIpc) is 3.21. The van der Waals surface area contributed by atoms with Crippen LogP contribution < -0.4 is 20.3 Å². The number of nitrogens with one attached hydrogen (secondary N) is 2. The Bertz CT molecular complexity index is 885. The second-order valence-corrected chi connectivity index (χ2v) is 5.66. The molecule has 0 aliphatic rings. The number of anilines is 1. The predicted octanol–water partition coefficient (Wildman–Crippen LogP) is 2.83. The van der Waals surface area contributed by atoms with E-state index >= 15 is 0 Å². The number of ether oxygens (including phenoxy) is 2. The van der Waals surface area contributed by atoms with E-state index in [1.54, 1.807) is 24.5 Å². The molecular weight excluding hydrogens is 362 g/mol. The van der Waals surface area contributed by atoms with Gasteiger partial charge < -0.3 is 14.0 Å². The summed E-state index contributed by atoms with van der Waals surface area (Å²) in [6, 6.07) is 11.1. The summed E-state index contributed by atoms with van der Waals surface area (Å²) in [4.78, 5) is 20.0. The molecule has 0 bridgehead atoms. The molecule has 2 heterocycles. The molecule has 0 aliphatic heterocycles. The van der Waals surface area contributed by atoms with Gasteiger partial charge in [0, 0.05) is 24.4 Å². The summed E-state index contributed by atoms with van der Waals surface area (Å²) >= 11 is 0. The molecule has 146 valence electrons. The third-order valence-electron chi connectivity index (χ3n) is 3.63. The second kappa shape index (κ2) is 9.91. The van der Waals surface area contributed by atoms with E-state index in [0.29, 0.717) is 37.0 Å². The molecule has 3 rings (SSSR count). The van der Waals surface area contributed by atoms with E-state index in [-0.39, 0.29) is 18.3 Å². The lowest BCUT2D eigenvalue weighted by molar-refractivity contribution is -0.120. The monoisotopic (exact) mass is 383 g/mol. The van der Waals surface area contributed by atoms with E-state index in [4.69, 9.17) is 14.0 Å². The van der Waals surface area contributed by atoms with Gasteiger partial charge >= 0.3 is 6.01 Å². The molecule has 9 nitrogen and oxygen atoms in total. The highest BCUT2D eigenvalue weighted by Gasteiger charge is 2.09. The second-order valence-electron chi connectivity index (χ2n) is 5.66. The zero-order chi connectivity index (χ0) is 19.6. The summed E-state index contributed by atoms with van der Waals surface area (Å²) in [5, 5.41) is 3.84. The van der Waals surface area contributed by atoms with E-state index in [2.05, 4.69) is 26.0 Å². The fourth-order valence-electron chi connectivity index (χ4n) is 2.34. The van der Waals surface area contributed by atoms with Crippen LogP contribution in [0.1, 0.15) is 19.8 Å². The van der Waals surface area contributed by atoms with Gasteiger partial charge in [-0.05, 0) is 37.6 Å². The molecule has 0 aliphatic carbocycles. The number of aromatic nitrogens is 3. The van der Waals surface area contributed by atoms with Crippen molar-refractivity contribution in [2.45, 2.75) is 19.8 Å². The largest absolute Gasteiger partial charge is 0.490 e. The van der Waals surface area contributed by atoms with Crippen molar-refractivity contribution in [2.24, 2.45) is 0 Å². The van der Waals surface area contributed by atoms with Gasteiger partial charge in [0.25, 0.3) is 0 Å². The molecule has 0 unspecified atom stereocenters. The van der Waals surface area contributed by atoms with E-state index in [0.717, 1.165) is 5.56 Å². The number of hydrogen-bond donors (Lipinski definition) is 2. The van der Waals surface area contributed by atoms with Gasteiger partial charge in [-0.25, -0.2) is 5.43 Å². The smallest absolute Gasteiger partial charge is 0.340 e. The number of hydrogen-bond acceptors (Lipinski definition) is 8. The van der Waals surface area contributed by atoms with Crippen molar-refractivity contribution in [3.63, 3.8) is 0 Å². The number of benzene rings is 1. The van der Waals surface area contributed by atoms with Crippen LogP contribution in [0.5, 0.6) is 11.5 Å². The van der Waals surface area contributed by atoms with E-state index in [9.17, 15) is 4.79 Å². The molecule has 0 fully saturated rings. The number of para-hydroxylation sites is 2. The van der Waals surface area contributed by atoms with Crippen LogP contribution in [0, 0.1) is 0 Å². The normalized spacial score (nSPS) is 10.3. The van der Waals surface area contributed by atoms with Crippen LogP contribution >= 0.6 is 0 Å². The molecule has 0 atom stereocenters. The number of carbonyl (C=O) groups excluding carboxylic acids is 1. The fraction of sp³-hybridized carbons (Fsp3) is 0.263. The van der Waals surface area contributed by atoms with Gasteiger partial charge in [0.05, 0.1) is 13.2 Å². The zero-order valence-electron chi connectivity index (χ0n) is 15.4. The fourth-order valence-corrected chi connectivity index (χ4v) is 2.34. The summed E-state index contributed by atoms with van der Waals surface area (Å²) in [6.07, 6.45) is 4.08. The number of pyridine rings is 1. The van der Waals surface area contributed by atoms with Crippen molar-refractivity contribution in [2.75, 3.05) is 18.6 Å². The van der Waals surface area contributed by atoms with Crippen molar-refractivity contribution >= 4 is 11.9 Å². The minimum Gasteiger partial charge on any atom is -0.490 e. The van der Waals surface area contributed by atoms with Crippen LogP contribution in [0.15, 0.2) is 53.3 Å². The first-order valence-corrected chi connectivity index (χ1v) is 8.90. The molecule has 3 aromatic rings. The van der Waals surface area contributed by atoms with E-state index < -0.39 is 0 Å². The van der Waals surface area contributed by atoms with Crippen molar-refractivity contribution in [3.8, 4) is 22.9 Å². The standard InChI is InChI=1S/C19H21N5O4/c1-2-26-15-6-3-4-7-16(15)27-13-5-8-17(25)22-23-19-21-18(24-28-19)14-9-11-20-12-10-14/h3-4,6-7,9-12H,2,5,8,13H2,1H3,(H,22,25)(H,21,23,24). The maximum absolute atomic E-state index is 11.9. The Hall–Kier alpha value is -3.62. The number of carbonyl (C=O) groups is 1. The first-order chi connectivity index (χ1) is 13.8. The summed E-state index contributed by atoms with van der Waals surface area (Å²) in [7, 11) is 0. The lowest BCUT2D eigenvalue weighted by Gasteiger charge is -2.11. The SMILES string of the molecule is CCOc1ccccc1OCCCC(=O)NNc1nc(-c2ccncc2)no1. The van der Waals surface area contributed by atoms with E-state index in [1.807, 2.05) is 31.2 Å². The number of rotatable bonds is 10. The Kier molecular flexibility index (Phi) is 6.78. The molecule has 0 saturated heterocycles. The van der Waals surface area contributed by atoms with Crippen LogP contribution in [-0.2, 0) is 4.79 Å². The van der Waals surface area contributed by atoms with E-state index in [1.165, 1.54) is 0 Å². The van der Waals surface area contributed by atoms with Crippen LogP contribution in [0.4, 0.5) is 6.01 Å². The minimum absolute atomic E-state index is 0.0991. The third-order valence-corrected chi connectivity index (χ3v) is 3.63. The maximum Gasteiger partial charge on any atom is 0.340 e. The van der Waals surface area contributed by atoms with Crippen LogP contribution in [-0.4, -0.2) is 34.2 Å². The first-order valence-electron chi connectivity index (χ1n) is 8.90. The maximum atomic E-state index is 11.9. The van der Waals surface area contributed by atoms with Gasteiger partial charge in [-0.1, -0.05) is 17.3 Å². The Balaban J connectivity index is 1.38. The summed E-state index contributed by atoms with van der Waals surface area (Å²) < 4.78 is 16.2. The Morgan fingerprint density at radius 2 is 1.86 bits per heavy atom. The summed E-state index contributed by atoms with van der Waals surface area (Å²) in [6.45, 7) is 2.87. The highest BCUT2D eigenvalue weighted by atomic mass is 16.5. The Morgan fingerprint density at radius 1 is 1.11 bits per heavy atom. The molecule has 9 heteroatoms. The van der Waals surface area contributed by atoms with Crippen LogP contribution in [0.25, 0.3) is 11.4 Å².